The van der Waals surface area contributed by atoms with Gasteiger partial charge >= 0.3 is 0 Å². The van der Waals surface area contributed by atoms with E-state index in [0.29, 0.717) is 12.1 Å². The van der Waals surface area contributed by atoms with E-state index in [1.165, 1.54) is 12.1 Å². The molecule has 3 aromatic rings. The highest BCUT2D eigenvalue weighted by Gasteiger charge is 2.10. The number of aryl methyl sites for hydroxylation is 1. The third-order valence-electron chi connectivity index (χ3n) is 3.69. The van der Waals surface area contributed by atoms with Crippen molar-refractivity contribution in [3.05, 3.63) is 77.2 Å². The molecule has 122 valence electrons. The smallest absolute Gasteiger partial charge is 0.274 e. The Hall–Kier alpha value is -2.99. The van der Waals surface area contributed by atoms with Gasteiger partial charge in [-0.3, -0.25) is 14.7 Å². The van der Waals surface area contributed by atoms with Gasteiger partial charge in [-0.05, 0) is 55.0 Å². The zero-order valence-electron chi connectivity index (χ0n) is 13.0. The van der Waals surface area contributed by atoms with Gasteiger partial charge in [-0.2, -0.15) is 5.10 Å². The Morgan fingerprint density at radius 3 is 2.46 bits per heavy atom. The molecular formula is C18H16FN3O2. The number of rotatable bonds is 4. The second-order valence-corrected chi connectivity index (χ2v) is 5.47. The number of hydrogen-bond donors (Lipinski definition) is 2. The number of carbonyl (C=O) groups is 1. The highest BCUT2D eigenvalue weighted by molar-refractivity contribution is 5.93. The van der Waals surface area contributed by atoms with Gasteiger partial charge in [0, 0.05) is 11.1 Å². The molecule has 1 amide bonds. The van der Waals surface area contributed by atoms with E-state index < -0.39 is 5.91 Å². The normalized spacial score (nSPS) is 10.6. The maximum atomic E-state index is 13.1. The molecule has 2 N–H and O–H groups in total. The number of hydroxylamine groups is 1. The summed E-state index contributed by atoms with van der Waals surface area (Å²) in [6.45, 7) is 2.42. The van der Waals surface area contributed by atoms with Gasteiger partial charge in [0.25, 0.3) is 5.91 Å². The van der Waals surface area contributed by atoms with Gasteiger partial charge in [0.1, 0.15) is 5.82 Å². The van der Waals surface area contributed by atoms with E-state index in [2.05, 4.69) is 5.10 Å². The fraction of sp³-hybridized carbons (Fsp3) is 0.111. The molecule has 0 bridgehead atoms. The van der Waals surface area contributed by atoms with Crippen molar-refractivity contribution in [2.75, 3.05) is 0 Å². The van der Waals surface area contributed by atoms with E-state index in [1.54, 1.807) is 41.9 Å². The minimum atomic E-state index is -0.552. The van der Waals surface area contributed by atoms with Gasteiger partial charge in [-0.1, -0.05) is 12.1 Å². The van der Waals surface area contributed by atoms with Crippen LogP contribution in [-0.4, -0.2) is 20.9 Å². The first-order chi connectivity index (χ1) is 11.6. The second-order valence-electron chi connectivity index (χ2n) is 5.47. The number of halogens is 1. The van der Waals surface area contributed by atoms with Crippen LogP contribution in [0, 0.1) is 12.7 Å². The molecule has 24 heavy (non-hydrogen) atoms. The third kappa shape index (κ3) is 3.33. The number of carbonyl (C=O) groups excluding carboxylic acids is 1. The van der Waals surface area contributed by atoms with Gasteiger partial charge in [-0.15, -0.1) is 0 Å². The van der Waals surface area contributed by atoms with Crippen LogP contribution in [-0.2, 0) is 6.54 Å². The van der Waals surface area contributed by atoms with Crippen molar-refractivity contribution in [2.45, 2.75) is 13.5 Å². The van der Waals surface area contributed by atoms with Crippen LogP contribution in [0.3, 0.4) is 0 Å². The summed E-state index contributed by atoms with van der Waals surface area (Å²) in [6, 6.07) is 15.1. The predicted molar refractivity (Wildman–Crippen MR) is 87.2 cm³/mol. The van der Waals surface area contributed by atoms with Gasteiger partial charge < -0.3 is 0 Å². The van der Waals surface area contributed by atoms with Crippen LogP contribution >= 0.6 is 0 Å². The topological polar surface area (TPSA) is 67.2 Å². The van der Waals surface area contributed by atoms with Gasteiger partial charge in [0.2, 0.25) is 0 Å². The Morgan fingerprint density at radius 2 is 1.83 bits per heavy atom. The summed E-state index contributed by atoms with van der Waals surface area (Å²) in [5.41, 5.74) is 5.57. The molecule has 1 aromatic heterocycles. The van der Waals surface area contributed by atoms with Crippen molar-refractivity contribution in [1.29, 1.82) is 0 Å². The summed E-state index contributed by atoms with van der Waals surface area (Å²) in [5.74, 6) is -0.831. The summed E-state index contributed by atoms with van der Waals surface area (Å²) in [6.07, 6.45) is 0. The number of amides is 1. The van der Waals surface area contributed by atoms with Crippen molar-refractivity contribution < 1.29 is 14.4 Å². The van der Waals surface area contributed by atoms with Crippen LogP contribution < -0.4 is 5.48 Å². The summed E-state index contributed by atoms with van der Waals surface area (Å²) in [4.78, 5) is 11.3. The largest absolute Gasteiger partial charge is 0.288 e. The SMILES string of the molecule is Cc1cc(-c2ccc(F)cc2)n(Cc2ccc(C(=O)NO)cc2)n1. The van der Waals surface area contributed by atoms with Gasteiger partial charge in [-0.25, -0.2) is 9.87 Å². The number of benzene rings is 2. The van der Waals surface area contributed by atoms with Gasteiger partial charge in [0.05, 0.1) is 17.9 Å². The van der Waals surface area contributed by atoms with Crippen LogP contribution in [0.25, 0.3) is 11.3 Å². The van der Waals surface area contributed by atoms with Crippen LogP contribution in [0.2, 0.25) is 0 Å². The minimum absolute atomic E-state index is 0.278. The Morgan fingerprint density at radius 1 is 1.17 bits per heavy atom. The van der Waals surface area contributed by atoms with E-state index in [1.807, 2.05) is 17.7 Å². The molecule has 0 unspecified atom stereocenters. The number of aromatic nitrogens is 2. The zero-order chi connectivity index (χ0) is 17.1. The highest BCUT2D eigenvalue weighted by atomic mass is 19.1. The van der Waals surface area contributed by atoms with E-state index in [9.17, 15) is 9.18 Å². The van der Waals surface area contributed by atoms with Crippen molar-refractivity contribution in [1.82, 2.24) is 15.3 Å². The van der Waals surface area contributed by atoms with Crippen molar-refractivity contribution >= 4 is 5.91 Å². The van der Waals surface area contributed by atoms with E-state index in [0.717, 1.165) is 22.5 Å². The molecule has 0 saturated heterocycles. The predicted octanol–water partition coefficient (Wildman–Crippen LogP) is 3.16. The maximum absolute atomic E-state index is 13.1. The maximum Gasteiger partial charge on any atom is 0.274 e. The lowest BCUT2D eigenvalue weighted by atomic mass is 10.1. The lowest BCUT2D eigenvalue weighted by Gasteiger charge is -2.08. The molecule has 1 heterocycles. The minimum Gasteiger partial charge on any atom is -0.288 e. The Bertz CT molecular complexity index is 855. The molecule has 6 heteroatoms. The fourth-order valence-corrected chi connectivity index (χ4v) is 2.52. The second kappa shape index (κ2) is 6.64. The highest BCUT2D eigenvalue weighted by Crippen LogP contribution is 2.22. The van der Waals surface area contributed by atoms with Crippen LogP contribution in [0.5, 0.6) is 0 Å². The Kier molecular flexibility index (Phi) is 4.39. The molecular weight excluding hydrogens is 309 g/mol. The average Bonchev–Trinajstić information content (AvgIpc) is 2.96. The summed E-state index contributed by atoms with van der Waals surface area (Å²) >= 11 is 0. The monoisotopic (exact) mass is 325 g/mol. The Labute approximate surface area is 138 Å². The summed E-state index contributed by atoms with van der Waals surface area (Å²) < 4.78 is 15.0. The Balaban J connectivity index is 1.88. The molecule has 0 atom stereocenters. The molecule has 2 aromatic carbocycles. The van der Waals surface area contributed by atoms with E-state index in [4.69, 9.17) is 5.21 Å². The quantitative estimate of drug-likeness (QED) is 0.572. The van der Waals surface area contributed by atoms with Crippen LogP contribution in [0.4, 0.5) is 4.39 Å². The van der Waals surface area contributed by atoms with E-state index >= 15 is 0 Å². The van der Waals surface area contributed by atoms with Crippen molar-refractivity contribution in [3.8, 4) is 11.3 Å². The standard InChI is InChI=1S/C18H16FN3O2/c1-12-10-17(14-6-8-16(19)9-7-14)22(20-12)11-13-2-4-15(5-3-13)18(23)21-24/h2-10,24H,11H2,1H3,(H,21,23). The number of hydrogen-bond acceptors (Lipinski definition) is 3. The molecule has 0 spiro atoms. The number of nitrogens with zero attached hydrogens (tertiary/aromatic N) is 2. The van der Waals surface area contributed by atoms with Crippen molar-refractivity contribution in [2.24, 2.45) is 0 Å². The molecule has 0 fully saturated rings. The van der Waals surface area contributed by atoms with Crippen LogP contribution in [0.15, 0.2) is 54.6 Å². The third-order valence-corrected chi connectivity index (χ3v) is 3.69. The van der Waals surface area contributed by atoms with Crippen LogP contribution in [0.1, 0.15) is 21.6 Å². The molecule has 0 radical (unpaired) electrons. The molecule has 5 nitrogen and oxygen atoms in total. The first kappa shape index (κ1) is 15.9. The lowest BCUT2D eigenvalue weighted by Crippen LogP contribution is -2.18. The molecule has 0 aliphatic rings. The van der Waals surface area contributed by atoms with Crippen molar-refractivity contribution in [3.63, 3.8) is 0 Å². The zero-order valence-corrected chi connectivity index (χ0v) is 13.0. The first-order valence-corrected chi connectivity index (χ1v) is 7.40. The summed E-state index contributed by atoms with van der Waals surface area (Å²) in [7, 11) is 0. The summed E-state index contributed by atoms with van der Waals surface area (Å²) in [5, 5.41) is 13.1. The average molecular weight is 325 g/mol. The molecule has 0 aliphatic carbocycles. The molecule has 0 saturated carbocycles. The first-order valence-electron chi connectivity index (χ1n) is 7.40. The molecule has 3 rings (SSSR count). The number of nitrogens with one attached hydrogen (secondary N) is 1. The van der Waals surface area contributed by atoms with E-state index in [-0.39, 0.29) is 5.82 Å². The lowest BCUT2D eigenvalue weighted by molar-refractivity contribution is 0.0706. The fourth-order valence-electron chi connectivity index (χ4n) is 2.52. The van der Waals surface area contributed by atoms with Gasteiger partial charge in [0.15, 0.2) is 0 Å². The molecule has 0 aliphatic heterocycles.